The molecule has 0 spiro atoms. The molecule has 3 rings (SSSR count). The van der Waals surface area contributed by atoms with E-state index in [1.165, 1.54) is 18.2 Å². The van der Waals surface area contributed by atoms with Crippen LogP contribution < -0.4 is 9.46 Å². The minimum Gasteiger partial charge on any atom is -0.494 e. The number of ether oxygens (including phenoxy) is 1. The highest BCUT2D eigenvalue weighted by Crippen LogP contribution is 2.25. The van der Waals surface area contributed by atoms with Gasteiger partial charge in [0.15, 0.2) is 0 Å². The molecular formula is C23H28ClN3O5S. The predicted octanol–water partition coefficient (Wildman–Crippen LogP) is 3.48. The number of rotatable bonds is 7. The van der Waals surface area contributed by atoms with Crippen molar-refractivity contribution < 1.29 is 22.7 Å². The summed E-state index contributed by atoms with van der Waals surface area (Å²) in [6.07, 6.45) is 0. The lowest BCUT2D eigenvalue weighted by molar-refractivity contribution is -0.135. The molecular weight excluding hydrogens is 466 g/mol. The van der Waals surface area contributed by atoms with Crippen molar-refractivity contribution in [2.75, 3.05) is 37.5 Å². The van der Waals surface area contributed by atoms with Gasteiger partial charge in [0.2, 0.25) is 5.91 Å². The van der Waals surface area contributed by atoms with E-state index in [1.807, 2.05) is 20.8 Å². The van der Waals surface area contributed by atoms with E-state index in [2.05, 4.69) is 4.72 Å². The molecule has 0 bridgehead atoms. The van der Waals surface area contributed by atoms with Crippen molar-refractivity contribution in [3.8, 4) is 5.75 Å². The Balaban J connectivity index is 1.74. The Morgan fingerprint density at radius 2 is 1.64 bits per heavy atom. The first kappa shape index (κ1) is 24.9. The van der Waals surface area contributed by atoms with Crippen LogP contribution in [0.2, 0.25) is 5.02 Å². The summed E-state index contributed by atoms with van der Waals surface area (Å²) in [6, 6.07) is 10.6. The van der Waals surface area contributed by atoms with Crippen LogP contribution in [-0.4, -0.2) is 62.8 Å². The van der Waals surface area contributed by atoms with Gasteiger partial charge in [0.05, 0.1) is 22.1 Å². The maximum atomic E-state index is 13.1. The van der Waals surface area contributed by atoms with Crippen molar-refractivity contribution in [2.24, 2.45) is 5.92 Å². The summed E-state index contributed by atoms with van der Waals surface area (Å²) in [5.41, 5.74) is 0.474. The van der Waals surface area contributed by atoms with Crippen LogP contribution in [0.15, 0.2) is 47.4 Å². The molecule has 0 atom stereocenters. The van der Waals surface area contributed by atoms with Crippen LogP contribution in [0.5, 0.6) is 5.75 Å². The number of carbonyl (C=O) groups is 2. The number of halogens is 1. The highest BCUT2D eigenvalue weighted by Gasteiger charge is 2.28. The van der Waals surface area contributed by atoms with Gasteiger partial charge in [-0.3, -0.25) is 14.3 Å². The summed E-state index contributed by atoms with van der Waals surface area (Å²) >= 11 is 6.25. The fraction of sp³-hybridized carbons (Fsp3) is 0.391. The molecule has 10 heteroatoms. The van der Waals surface area contributed by atoms with Crippen LogP contribution in [0.4, 0.5) is 5.69 Å². The lowest BCUT2D eigenvalue weighted by Crippen LogP contribution is -2.51. The Kier molecular flexibility index (Phi) is 7.86. The van der Waals surface area contributed by atoms with Gasteiger partial charge in [0, 0.05) is 37.8 Å². The van der Waals surface area contributed by atoms with Crippen LogP contribution in [-0.2, 0) is 14.8 Å². The molecule has 8 nitrogen and oxygen atoms in total. The number of piperazine rings is 1. The van der Waals surface area contributed by atoms with E-state index in [4.69, 9.17) is 16.3 Å². The summed E-state index contributed by atoms with van der Waals surface area (Å²) < 4.78 is 33.7. The number of benzene rings is 2. The summed E-state index contributed by atoms with van der Waals surface area (Å²) in [7, 11) is -3.94. The van der Waals surface area contributed by atoms with Gasteiger partial charge in [0.25, 0.3) is 15.9 Å². The Morgan fingerprint density at radius 3 is 2.21 bits per heavy atom. The van der Waals surface area contributed by atoms with Gasteiger partial charge in [0.1, 0.15) is 5.75 Å². The molecule has 2 amide bonds. The zero-order chi connectivity index (χ0) is 24.2. The number of hydrogen-bond acceptors (Lipinski definition) is 5. The minimum atomic E-state index is -3.94. The number of hydrogen-bond donors (Lipinski definition) is 1. The second kappa shape index (κ2) is 10.4. The first-order valence-corrected chi connectivity index (χ1v) is 12.6. The van der Waals surface area contributed by atoms with E-state index in [9.17, 15) is 18.0 Å². The molecule has 0 unspecified atom stereocenters. The van der Waals surface area contributed by atoms with Gasteiger partial charge in [-0.05, 0) is 49.4 Å². The topological polar surface area (TPSA) is 96.0 Å². The van der Waals surface area contributed by atoms with E-state index < -0.39 is 10.0 Å². The molecule has 2 aromatic carbocycles. The zero-order valence-electron chi connectivity index (χ0n) is 18.9. The molecule has 0 aliphatic carbocycles. The highest BCUT2D eigenvalue weighted by atomic mass is 35.5. The zero-order valence-corrected chi connectivity index (χ0v) is 20.4. The van der Waals surface area contributed by atoms with Crippen LogP contribution in [0.3, 0.4) is 0 Å². The lowest BCUT2D eigenvalue weighted by Gasteiger charge is -2.35. The molecule has 0 radical (unpaired) electrons. The van der Waals surface area contributed by atoms with Gasteiger partial charge in [-0.15, -0.1) is 0 Å². The largest absolute Gasteiger partial charge is 0.494 e. The Labute approximate surface area is 199 Å². The van der Waals surface area contributed by atoms with Crippen LogP contribution >= 0.6 is 11.6 Å². The number of nitrogens with one attached hydrogen (secondary N) is 1. The maximum Gasteiger partial charge on any atom is 0.261 e. The van der Waals surface area contributed by atoms with Gasteiger partial charge in [-0.25, -0.2) is 8.42 Å². The number of anilines is 1. The summed E-state index contributed by atoms with van der Waals surface area (Å²) in [6.45, 7) is 7.62. The second-order valence-electron chi connectivity index (χ2n) is 7.98. The van der Waals surface area contributed by atoms with E-state index in [0.29, 0.717) is 44.2 Å². The van der Waals surface area contributed by atoms with Gasteiger partial charge in [-0.1, -0.05) is 25.4 Å². The number of amides is 2. The molecule has 0 saturated carbocycles. The maximum absolute atomic E-state index is 13.1. The van der Waals surface area contributed by atoms with Crippen LogP contribution in [0, 0.1) is 5.92 Å². The molecule has 1 heterocycles. The Hall–Kier alpha value is -2.78. The Bertz CT molecular complexity index is 1110. The average molecular weight is 494 g/mol. The van der Waals surface area contributed by atoms with Crippen LogP contribution in [0.25, 0.3) is 0 Å². The summed E-state index contributed by atoms with van der Waals surface area (Å²) in [5, 5.41) is 0.167. The normalized spacial score (nSPS) is 14.3. The monoisotopic (exact) mass is 493 g/mol. The fourth-order valence-corrected chi connectivity index (χ4v) is 4.78. The summed E-state index contributed by atoms with van der Waals surface area (Å²) in [5.74, 6) is 0.213. The van der Waals surface area contributed by atoms with E-state index in [0.717, 1.165) is 0 Å². The molecule has 0 aromatic heterocycles. The third kappa shape index (κ3) is 5.97. The SMILES string of the molecule is CCOc1ccc(NS(=O)(=O)c2ccc(Cl)c(C(=O)N3CCN(C(=O)C(C)C)CC3)c2)cc1. The van der Waals surface area contributed by atoms with Crippen molar-refractivity contribution >= 4 is 39.1 Å². The van der Waals surface area contributed by atoms with Crippen molar-refractivity contribution in [3.63, 3.8) is 0 Å². The number of nitrogens with zero attached hydrogens (tertiary/aromatic N) is 2. The molecule has 1 saturated heterocycles. The van der Waals surface area contributed by atoms with Crippen molar-refractivity contribution in [2.45, 2.75) is 25.7 Å². The molecule has 178 valence electrons. The third-order valence-electron chi connectivity index (χ3n) is 5.27. The second-order valence-corrected chi connectivity index (χ2v) is 10.1. The molecule has 2 aromatic rings. The van der Waals surface area contributed by atoms with E-state index >= 15 is 0 Å². The predicted molar refractivity (Wildman–Crippen MR) is 127 cm³/mol. The van der Waals surface area contributed by atoms with Crippen LogP contribution in [0.1, 0.15) is 31.1 Å². The van der Waals surface area contributed by atoms with E-state index in [1.54, 1.807) is 34.1 Å². The number of carbonyl (C=O) groups excluding carboxylic acids is 2. The molecule has 1 aliphatic rings. The van der Waals surface area contributed by atoms with Crippen molar-refractivity contribution in [1.29, 1.82) is 0 Å². The molecule has 1 fully saturated rings. The smallest absolute Gasteiger partial charge is 0.261 e. The van der Waals surface area contributed by atoms with E-state index in [-0.39, 0.29) is 33.2 Å². The average Bonchev–Trinajstić information content (AvgIpc) is 2.79. The van der Waals surface area contributed by atoms with Crippen molar-refractivity contribution in [1.82, 2.24) is 9.80 Å². The van der Waals surface area contributed by atoms with Gasteiger partial charge >= 0.3 is 0 Å². The minimum absolute atomic E-state index is 0.0496. The Morgan fingerprint density at radius 1 is 1.03 bits per heavy atom. The van der Waals surface area contributed by atoms with Gasteiger partial charge in [-0.2, -0.15) is 0 Å². The standard InChI is InChI=1S/C23H28ClN3O5S/c1-4-32-18-7-5-17(6-8-18)25-33(30,31)19-9-10-21(24)20(15-19)23(29)27-13-11-26(12-14-27)22(28)16(2)3/h5-10,15-16,25H,4,11-14H2,1-3H3. The first-order chi connectivity index (χ1) is 15.6. The third-order valence-corrected chi connectivity index (χ3v) is 6.98. The molecule has 33 heavy (non-hydrogen) atoms. The number of sulfonamides is 1. The van der Waals surface area contributed by atoms with Gasteiger partial charge < -0.3 is 14.5 Å². The fourth-order valence-electron chi connectivity index (χ4n) is 3.50. The summed E-state index contributed by atoms with van der Waals surface area (Å²) in [4.78, 5) is 28.5. The lowest BCUT2D eigenvalue weighted by atomic mass is 10.1. The quantitative estimate of drug-likeness (QED) is 0.637. The van der Waals surface area contributed by atoms with Crippen molar-refractivity contribution in [3.05, 3.63) is 53.1 Å². The highest BCUT2D eigenvalue weighted by molar-refractivity contribution is 7.92. The molecule has 1 N–H and O–H groups in total. The first-order valence-electron chi connectivity index (χ1n) is 10.8. The molecule has 1 aliphatic heterocycles.